The van der Waals surface area contributed by atoms with Crippen LogP contribution in [0.25, 0.3) is 0 Å². The smallest absolute Gasteiger partial charge is 0.322 e. The number of hydrogen-bond acceptors (Lipinski definition) is 3. The summed E-state index contributed by atoms with van der Waals surface area (Å²) in [6.45, 7) is -0.360. The summed E-state index contributed by atoms with van der Waals surface area (Å²) in [5.74, 6) is -1.41. The van der Waals surface area contributed by atoms with Gasteiger partial charge in [0.15, 0.2) is 0 Å². The molecule has 1 fully saturated rings. The SMILES string of the molecule is O=C(O)CNC(=O)c1ccc(NC2CCCCCC2)cc1. The van der Waals surface area contributed by atoms with Crippen LogP contribution in [-0.2, 0) is 4.79 Å². The monoisotopic (exact) mass is 290 g/mol. The van der Waals surface area contributed by atoms with Crippen molar-refractivity contribution in [1.82, 2.24) is 5.32 Å². The van der Waals surface area contributed by atoms with Gasteiger partial charge in [-0.3, -0.25) is 9.59 Å². The summed E-state index contributed by atoms with van der Waals surface area (Å²) < 4.78 is 0. The topological polar surface area (TPSA) is 78.4 Å². The second-order valence-electron chi connectivity index (χ2n) is 5.49. The second-order valence-corrected chi connectivity index (χ2v) is 5.49. The molecule has 0 heterocycles. The number of benzene rings is 1. The molecule has 0 unspecified atom stereocenters. The first-order chi connectivity index (χ1) is 10.1. The highest BCUT2D eigenvalue weighted by atomic mass is 16.4. The first-order valence-corrected chi connectivity index (χ1v) is 7.52. The molecule has 1 amide bonds. The van der Waals surface area contributed by atoms with Crippen molar-refractivity contribution < 1.29 is 14.7 Å². The molecule has 114 valence electrons. The average molecular weight is 290 g/mol. The molecule has 5 nitrogen and oxygen atoms in total. The molecule has 1 aromatic rings. The Kier molecular flexibility index (Phi) is 5.60. The Morgan fingerprint density at radius 2 is 1.67 bits per heavy atom. The van der Waals surface area contributed by atoms with E-state index in [1.807, 2.05) is 12.1 Å². The third kappa shape index (κ3) is 5.10. The molecule has 0 spiro atoms. The van der Waals surface area contributed by atoms with E-state index in [9.17, 15) is 9.59 Å². The highest BCUT2D eigenvalue weighted by molar-refractivity contribution is 5.96. The van der Waals surface area contributed by atoms with Crippen molar-refractivity contribution in [2.45, 2.75) is 44.6 Å². The van der Waals surface area contributed by atoms with Gasteiger partial charge in [-0.25, -0.2) is 0 Å². The maximum Gasteiger partial charge on any atom is 0.322 e. The third-order valence-electron chi connectivity index (χ3n) is 3.77. The van der Waals surface area contributed by atoms with E-state index in [0.29, 0.717) is 11.6 Å². The minimum Gasteiger partial charge on any atom is -0.480 e. The van der Waals surface area contributed by atoms with Crippen molar-refractivity contribution in [2.24, 2.45) is 0 Å². The first kappa shape index (κ1) is 15.4. The number of carboxylic acid groups (broad SMARTS) is 1. The van der Waals surface area contributed by atoms with Crippen molar-refractivity contribution in [1.29, 1.82) is 0 Å². The summed E-state index contributed by atoms with van der Waals surface area (Å²) in [5.41, 5.74) is 1.49. The van der Waals surface area contributed by atoms with Crippen LogP contribution in [0.3, 0.4) is 0 Å². The highest BCUT2D eigenvalue weighted by Gasteiger charge is 2.12. The van der Waals surface area contributed by atoms with E-state index in [2.05, 4.69) is 10.6 Å². The number of carboxylic acids is 1. The molecular formula is C16H22N2O3. The van der Waals surface area contributed by atoms with Crippen LogP contribution in [0.1, 0.15) is 48.9 Å². The minimum atomic E-state index is -1.05. The maximum atomic E-state index is 11.7. The molecule has 1 saturated carbocycles. The molecule has 2 rings (SSSR count). The van der Waals surface area contributed by atoms with E-state index >= 15 is 0 Å². The van der Waals surface area contributed by atoms with Gasteiger partial charge in [0.2, 0.25) is 0 Å². The van der Waals surface area contributed by atoms with Gasteiger partial charge in [0.25, 0.3) is 5.91 Å². The van der Waals surface area contributed by atoms with Crippen molar-refractivity contribution in [2.75, 3.05) is 11.9 Å². The summed E-state index contributed by atoms with van der Waals surface area (Å²) in [6, 6.07) is 7.70. The number of aliphatic carboxylic acids is 1. The zero-order valence-electron chi connectivity index (χ0n) is 12.1. The van der Waals surface area contributed by atoms with E-state index in [1.165, 1.54) is 38.5 Å². The molecule has 0 radical (unpaired) electrons. The lowest BCUT2D eigenvalue weighted by Crippen LogP contribution is -2.29. The lowest BCUT2D eigenvalue weighted by Gasteiger charge is -2.17. The summed E-state index contributed by atoms with van der Waals surface area (Å²) in [6.07, 6.45) is 7.57. The summed E-state index contributed by atoms with van der Waals surface area (Å²) in [7, 11) is 0. The van der Waals surface area contributed by atoms with E-state index in [1.54, 1.807) is 12.1 Å². The number of rotatable bonds is 5. The molecule has 1 aliphatic rings. The fraction of sp³-hybridized carbons (Fsp3) is 0.500. The first-order valence-electron chi connectivity index (χ1n) is 7.52. The molecule has 3 N–H and O–H groups in total. The van der Waals surface area contributed by atoms with Gasteiger partial charge in [-0.15, -0.1) is 0 Å². The van der Waals surface area contributed by atoms with E-state index in [-0.39, 0.29) is 12.5 Å². The van der Waals surface area contributed by atoms with Gasteiger partial charge in [-0.05, 0) is 37.1 Å². The minimum absolute atomic E-state index is 0.360. The predicted octanol–water partition coefficient (Wildman–Crippen LogP) is 2.64. The van der Waals surface area contributed by atoms with Crippen molar-refractivity contribution in [3.8, 4) is 0 Å². The van der Waals surface area contributed by atoms with Crippen molar-refractivity contribution in [3.05, 3.63) is 29.8 Å². The molecule has 21 heavy (non-hydrogen) atoms. The van der Waals surface area contributed by atoms with Gasteiger partial charge in [-0.2, -0.15) is 0 Å². The Morgan fingerprint density at radius 1 is 1.05 bits per heavy atom. The molecule has 0 aliphatic heterocycles. The Balaban J connectivity index is 1.88. The highest BCUT2D eigenvalue weighted by Crippen LogP contribution is 2.21. The van der Waals surface area contributed by atoms with Crippen LogP contribution in [0.5, 0.6) is 0 Å². The van der Waals surface area contributed by atoms with Crippen LogP contribution >= 0.6 is 0 Å². The lowest BCUT2D eigenvalue weighted by atomic mass is 10.1. The van der Waals surface area contributed by atoms with Gasteiger partial charge in [-0.1, -0.05) is 25.7 Å². The number of amides is 1. The van der Waals surface area contributed by atoms with Crippen LogP contribution in [0.4, 0.5) is 5.69 Å². The molecule has 0 saturated heterocycles. The second kappa shape index (κ2) is 7.67. The summed E-state index contributed by atoms with van der Waals surface area (Å²) in [5, 5.41) is 14.4. The standard InChI is InChI=1S/C16H22N2O3/c19-15(20)11-17-16(21)12-7-9-14(10-8-12)18-13-5-3-1-2-4-6-13/h7-10,13,18H,1-6,11H2,(H,17,21)(H,19,20). The lowest BCUT2D eigenvalue weighted by molar-refractivity contribution is -0.135. The van der Waals surface area contributed by atoms with Crippen LogP contribution < -0.4 is 10.6 Å². The Labute approximate surface area is 124 Å². The van der Waals surface area contributed by atoms with E-state index < -0.39 is 5.97 Å². The largest absolute Gasteiger partial charge is 0.480 e. The molecular weight excluding hydrogens is 268 g/mol. The number of hydrogen-bond donors (Lipinski definition) is 3. The Morgan fingerprint density at radius 3 is 2.24 bits per heavy atom. The van der Waals surface area contributed by atoms with Gasteiger partial charge in [0, 0.05) is 17.3 Å². The van der Waals surface area contributed by atoms with Gasteiger partial charge >= 0.3 is 5.97 Å². The van der Waals surface area contributed by atoms with Crippen LogP contribution in [0.15, 0.2) is 24.3 Å². The number of nitrogens with one attached hydrogen (secondary N) is 2. The molecule has 0 atom stereocenters. The van der Waals surface area contributed by atoms with Gasteiger partial charge in [0.05, 0.1) is 0 Å². The third-order valence-corrected chi connectivity index (χ3v) is 3.77. The van der Waals surface area contributed by atoms with Crippen LogP contribution in [-0.4, -0.2) is 29.6 Å². The van der Waals surface area contributed by atoms with Gasteiger partial charge in [0.1, 0.15) is 6.54 Å². The molecule has 0 aromatic heterocycles. The van der Waals surface area contributed by atoms with Crippen molar-refractivity contribution >= 4 is 17.6 Å². The summed E-state index contributed by atoms with van der Waals surface area (Å²) in [4.78, 5) is 22.1. The number of anilines is 1. The molecule has 1 aliphatic carbocycles. The Hall–Kier alpha value is -2.04. The number of carbonyl (C=O) groups excluding carboxylic acids is 1. The summed E-state index contributed by atoms with van der Waals surface area (Å²) >= 11 is 0. The zero-order valence-corrected chi connectivity index (χ0v) is 12.1. The van der Waals surface area contributed by atoms with Gasteiger partial charge < -0.3 is 15.7 Å². The zero-order chi connectivity index (χ0) is 15.1. The molecule has 1 aromatic carbocycles. The molecule has 5 heteroatoms. The van der Waals surface area contributed by atoms with Crippen LogP contribution in [0.2, 0.25) is 0 Å². The quantitative estimate of drug-likeness (QED) is 0.728. The predicted molar refractivity (Wildman–Crippen MR) is 81.5 cm³/mol. The Bertz CT molecular complexity index is 477. The van der Waals surface area contributed by atoms with E-state index in [4.69, 9.17) is 5.11 Å². The fourth-order valence-electron chi connectivity index (χ4n) is 2.64. The normalized spacial score (nSPS) is 16.0. The number of carbonyl (C=O) groups is 2. The maximum absolute atomic E-state index is 11.7. The fourth-order valence-corrected chi connectivity index (χ4v) is 2.64. The average Bonchev–Trinajstić information content (AvgIpc) is 2.74. The van der Waals surface area contributed by atoms with Crippen LogP contribution in [0, 0.1) is 0 Å². The molecule has 0 bridgehead atoms. The van der Waals surface area contributed by atoms with E-state index in [0.717, 1.165) is 5.69 Å². The van der Waals surface area contributed by atoms with Crippen molar-refractivity contribution in [3.63, 3.8) is 0 Å².